The van der Waals surface area contributed by atoms with E-state index in [4.69, 9.17) is 9.47 Å². The molecule has 1 heterocycles. The second-order valence-corrected chi connectivity index (χ2v) is 4.82. The Morgan fingerprint density at radius 2 is 2.00 bits per heavy atom. The van der Waals surface area contributed by atoms with Gasteiger partial charge in [0.05, 0.1) is 0 Å². The molecule has 0 N–H and O–H groups in total. The van der Waals surface area contributed by atoms with Gasteiger partial charge in [0, 0.05) is 0 Å². The second kappa shape index (κ2) is 4.65. The summed E-state index contributed by atoms with van der Waals surface area (Å²) in [4.78, 5) is 0. The van der Waals surface area contributed by atoms with Gasteiger partial charge in [-0.3, -0.25) is 0 Å². The van der Waals surface area contributed by atoms with Crippen molar-refractivity contribution in [1.29, 1.82) is 0 Å². The predicted molar refractivity (Wildman–Crippen MR) is 60.0 cm³/mol. The molecule has 2 rings (SSSR count). The Morgan fingerprint density at radius 1 is 1.21 bits per heavy atom. The van der Waals surface area contributed by atoms with Crippen molar-refractivity contribution in [2.24, 2.45) is 0 Å². The van der Waals surface area contributed by atoms with E-state index in [0.717, 1.165) is 26.2 Å². The lowest BCUT2D eigenvalue weighted by molar-refractivity contribution is 0.171. The van der Waals surface area contributed by atoms with Gasteiger partial charge in [0.15, 0.2) is 11.5 Å². The van der Waals surface area contributed by atoms with Crippen molar-refractivity contribution < 1.29 is 9.47 Å². The number of rotatable bonds is 3. The van der Waals surface area contributed by atoms with Crippen molar-refractivity contribution >= 4 is 8.58 Å². The molecular formula is C11H15O2P. The van der Waals surface area contributed by atoms with Gasteiger partial charge < -0.3 is 9.47 Å². The molecule has 0 radical (unpaired) electrons. The summed E-state index contributed by atoms with van der Waals surface area (Å²) in [5, 5.41) is 0. The number of hydrogen-bond donors (Lipinski definition) is 0. The lowest BCUT2D eigenvalue weighted by Crippen LogP contribution is -2.15. The Labute approximate surface area is 86.4 Å². The summed E-state index contributed by atoms with van der Waals surface area (Å²) in [7, 11) is 1.01. The Morgan fingerprint density at radius 3 is 2.79 bits per heavy atom. The molecule has 0 aromatic heterocycles. The zero-order valence-corrected chi connectivity index (χ0v) is 9.38. The van der Waals surface area contributed by atoms with E-state index in [2.05, 4.69) is 19.1 Å². The molecule has 0 aliphatic carbocycles. The molecule has 3 heteroatoms. The minimum absolute atomic E-state index is 0.670. The van der Waals surface area contributed by atoms with Crippen molar-refractivity contribution in [2.75, 3.05) is 19.4 Å². The van der Waals surface area contributed by atoms with Gasteiger partial charge in [-0.15, -0.1) is 8.58 Å². The van der Waals surface area contributed by atoms with Crippen LogP contribution in [0.25, 0.3) is 0 Å². The summed E-state index contributed by atoms with van der Waals surface area (Å²) < 4.78 is 11.0. The third-order valence-corrected chi connectivity index (χ3v) is 3.34. The largest absolute Gasteiger partial charge is 0.486 e. The zero-order chi connectivity index (χ0) is 9.80. The van der Waals surface area contributed by atoms with E-state index in [1.807, 2.05) is 6.07 Å². The average molecular weight is 210 g/mol. The molecule has 0 fully saturated rings. The number of ether oxygens (including phenoxy) is 2. The SMILES string of the molecule is CCPCc1ccc2c(c1)OCCO2. The van der Waals surface area contributed by atoms with Gasteiger partial charge in [-0.2, -0.15) is 0 Å². The fourth-order valence-corrected chi connectivity index (χ4v) is 2.23. The molecule has 1 atom stereocenters. The van der Waals surface area contributed by atoms with Gasteiger partial charge in [-0.05, 0) is 30.0 Å². The quantitative estimate of drug-likeness (QED) is 0.714. The van der Waals surface area contributed by atoms with E-state index >= 15 is 0 Å². The maximum Gasteiger partial charge on any atom is 0.161 e. The maximum absolute atomic E-state index is 5.52. The molecule has 0 saturated heterocycles. The highest BCUT2D eigenvalue weighted by molar-refractivity contribution is 7.37. The first-order valence-corrected chi connectivity index (χ1v) is 6.41. The van der Waals surface area contributed by atoms with Crippen LogP contribution in [0.15, 0.2) is 18.2 Å². The summed E-state index contributed by atoms with van der Waals surface area (Å²) in [5.74, 6) is 1.80. The minimum Gasteiger partial charge on any atom is -0.486 e. The van der Waals surface area contributed by atoms with Gasteiger partial charge in [-0.25, -0.2) is 0 Å². The second-order valence-electron chi connectivity index (χ2n) is 3.26. The highest BCUT2D eigenvalue weighted by Gasteiger charge is 2.10. The lowest BCUT2D eigenvalue weighted by Gasteiger charge is -2.18. The van der Waals surface area contributed by atoms with Crippen molar-refractivity contribution in [3.63, 3.8) is 0 Å². The summed E-state index contributed by atoms with van der Waals surface area (Å²) in [6.07, 6.45) is 2.42. The van der Waals surface area contributed by atoms with E-state index < -0.39 is 0 Å². The van der Waals surface area contributed by atoms with Gasteiger partial charge in [-0.1, -0.05) is 13.0 Å². The van der Waals surface area contributed by atoms with E-state index in [1.54, 1.807) is 0 Å². The molecule has 0 spiro atoms. The normalized spacial score (nSPS) is 14.9. The van der Waals surface area contributed by atoms with Crippen LogP contribution in [-0.2, 0) is 6.16 Å². The number of fused-ring (bicyclic) bond motifs is 1. The van der Waals surface area contributed by atoms with Crippen LogP contribution >= 0.6 is 8.58 Å². The molecule has 0 bridgehead atoms. The summed E-state index contributed by atoms with van der Waals surface area (Å²) in [5.41, 5.74) is 1.36. The van der Waals surface area contributed by atoms with Crippen LogP contribution in [-0.4, -0.2) is 19.4 Å². The van der Waals surface area contributed by atoms with Gasteiger partial charge in [0.2, 0.25) is 0 Å². The van der Waals surface area contributed by atoms with Crippen molar-refractivity contribution in [1.82, 2.24) is 0 Å². The van der Waals surface area contributed by atoms with Gasteiger partial charge >= 0.3 is 0 Å². The van der Waals surface area contributed by atoms with Crippen LogP contribution in [0, 0.1) is 0 Å². The standard InChI is InChI=1S/C11H15O2P/c1-2-14-8-9-3-4-10-11(7-9)13-6-5-12-10/h3-4,7,14H,2,5-6,8H2,1H3. The van der Waals surface area contributed by atoms with Gasteiger partial charge in [0.1, 0.15) is 13.2 Å². The lowest BCUT2D eigenvalue weighted by atomic mass is 10.2. The summed E-state index contributed by atoms with van der Waals surface area (Å²) in [6.45, 7) is 3.56. The van der Waals surface area contributed by atoms with E-state index in [-0.39, 0.29) is 0 Å². The van der Waals surface area contributed by atoms with Crippen LogP contribution in [0.1, 0.15) is 12.5 Å². The fraction of sp³-hybridized carbons (Fsp3) is 0.455. The fourth-order valence-electron chi connectivity index (χ4n) is 1.47. The van der Waals surface area contributed by atoms with Crippen LogP contribution in [0.5, 0.6) is 11.5 Å². The molecule has 0 saturated carbocycles. The number of hydrogen-bond acceptors (Lipinski definition) is 2. The first kappa shape index (κ1) is 9.79. The van der Waals surface area contributed by atoms with Crippen molar-refractivity contribution in [2.45, 2.75) is 13.1 Å². The van der Waals surface area contributed by atoms with Crippen LogP contribution in [0.2, 0.25) is 0 Å². The Bertz CT molecular complexity index is 312. The predicted octanol–water partition coefficient (Wildman–Crippen LogP) is 2.66. The highest BCUT2D eigenvalue weighted by Crippen LogP contribution is 2.32. The molecule has 1 unspecified atom stereocenters. The first-order chi connectivity index (χ1) is 6.90. The monoisotopic (exact) mass is 210 g/mol. The third-order valence-electron chi connectivity index (χ3n) is 2.19. The number of benzene rings is 1. The van der Waals surface area contributed by atoms with Crippen molar-refractivity contribution in [3.05, 3.63) is 23.8 Å². The smallest absolute Gasteiger partial charge is 0.161 e. The van der Waals surface area contributed by atoms with E-state index in [1.165, 1.54) is 11.7 Å². The maximum atomic E-state index is 5.52. The van der Waals surface area contributed by atoms with E-state index in [0.29, 0.717) is 13.2 Å². The summed E-state index contributed by atoms with van der Waals surface area (Å²) >= 11 is 0. The molecule has 1 aromatic rings. The Balaban J connectivity index is 2.12. The molecule has 1 aliphatic rings. The zero-order valence-electron chi connectivity index (χ0n) is 8.38. The van der Waals surface area contributed by atoms with Crippen LogP contribution in [0.4, 0.5) is 0 Å². The molecule has 14 heavy (non-hydrogen) atoms. The molecular weight excluding hydrogens is 195 g/mol. The third kappa shape index (κ3) is 2.19. The van der Waals surface area contributed by atoms with E-state index in [9.17, 15) is 0 Å². The van der Waals surface area contributed by atoms with Gasteiger partial charge in [0.25, 0.3) is 0 Å². The molecule has 2 nitrogen and oxygen atoms in total. The molecule has 1 aliphatic heterocycles. The van der Waals surface area contributed by atoms with Crippen molar-refractivity contribution in [3.8, 4) is 11.5 Å². The van der Waals surface area contributed by atoms with Crippen LogP contribution in [0.3, 0.4) is 0 Å². The summed E-state index contributed by atoms with van der Waals surface area (Å²) in [6, 6.07) is 6.26. The average Bonchev–Trinajstić information content (AvgIpc) is 2.26. The minimum atomic E-state index is 0.670. The highest BCUT2D eigenvalue weighted by atomic mass is 31.1. The molecule has 76 valence electrons. The Kier molecular flexibility index (Phi) is 3.26. The molecule has 1 aromatic carbocycles. The molecule has 0 amide bonds. The Hall–Kier alpha value is -0.750. The van der Waals surface area contributed by atoms with Crippen LogP contribution < -0.4 is 9.47 Å². The first-order valence-electron chi connectivity index (χ1n) is 4.99. The topological polar surface area (TPSA) is 18.5 Å².